The highest BCUT2D eigenvalue weighted by molar-refractivity contribution is 5.91. The van der Waals surface area contributed by atoms with Crippen molar-refractivity contribution in [1.82, 2.24) is 0 Å². The first-order valence-electron chi connectivity index (χ1n) is 4.40. The molecule has 1 nitrogen and oxygen atoms in total. The molecule has 0 heterocycles. The van der Waals surface area contributed by atoms with Crippen LogP contribution in [-0.4, -0.2) is 5.78 Å². The zero-order valence-electron chi connectivity index (χ0n) is 7.18. The van der Waals surface area contributed by atoms with Crippen LogP contribution in [0, 0.1) is 11.8 Å². The van der Waals surface area contributed by atoms with Gasteiger partial charge < -0.3 is 0 Å². The minimum Gasteiger partial charge on any atom is -0.295 e. The van der Waals surface area contributed by atoms with Crippen molar-refractivity contribution in [3.63, 3.8) is 0 Å². The van der Waals surface area contributed by atoms with E-state index in [0.29, 0.717) is 5.92 Å². The standard InChI is InChI=1S/C10H16O/c1-3-10(11)9-6-4-8(2)5-7-9/h3,8-9H,1,4-7H2,2H3. The Kier molecular flexibility index (Phi) is 2.86. The van der Waals surface area contributed by atoms with Crippen LogP contribution in [0.5, 0.6) is 0 Å². The van der Waals surface area contributed by atoms with Crippen LogP contribution in [0.3, 0.4) is 0 Å². The Labute approximate surface area is 68.5 Å². The Balaban J connectivity index is 2.38. The highest BCUT2D eigenvalue weighted by Gasteiger charge is 2.21. The monoisotopic (exact) mass is 152 g/mol. The predicted octanol–water partition coefficient (Wildman–Crippen LogP) is 2.57. The summed E-state index contributed by atoms with van der Waals surface area (Å²) in [5.74, 6) is 1.37. The van der Waals surface area contributed by atoms with Crippen LogP contribution >= 0.6 is 0 Å². The summed E-state index contributed by atoms with van der Waals surface area (Å²) in [6, 6.07) is 0. The van der Waals surface area contributed by atoms with Gasteiger partial charge in [0.1, 0.15) is 0 Å². The van der Waals surface area contributed by atoms with Crippen LogP contribution in [0.15, 0.2) is 12.7 Å². The fraction of sp³-hybridized carbons (Fsp3) is 0.700. The highest BCUT2D eigenvalue weighted by Crippen LogP contribution is 2.28. The summed E-state index contributed by atoms with van der Waals surface area (Å²) in [6.07, 6.45) is 6.05. The fourth-order valence-corrected chi connectivity index (χ4v) is 1.71. The Morgan fingerprint density at radius 3 is 2.36 bits per heavy atom. The minimum absolute atomic E-state index is 0.247. The van der Waals surface area contributed by atoms with E-state index in [2.05, 4.69) is 13.5 Å². The maximum Gasteiger partial charge on any atom is 0.158 e. The quantitative estimate of drug-likeness (QED) is 0.556. The topological polar surface area (TPSA) is 17.1 Å². The molecular weight excluding hydrogens is 136 g/mol. The molecule has 0 saturated heterocycles. The molecule has 0 N–H and O–H groups in total. The van der Waals surface area contributed by atoms with E-state index in [9.17, 15) is 4.79 Å². The molecular formula is C10H16O. The third-order valence-electron chi connectivity index (χ3n) is 2.62. The lowest BCUT2D eigenvalue weighted by atomic mass is 9.81. The van der Waals surface area contributed by atoms with Gasteiger partial charge in [0.05, 0.1) is 0 Å². The average molecular weight is 152 g/mol. The van der Waals surface area contributed by atoms with Gasteiger partial charge in [-0.1, -0.05) is 26.3 Å². The molecule has 0 aromatic rings. The summed E-state index contributed by atoms with van der Waals surface area (Å²) in [5.41, 5.74) is 0. The molecule has 1 aliphatic carbocycles. The normalized spacial score (nSPS) is 31.4. The Morgan fingerprint density at radius 1 is 1.36 bits per heavy atom. The van der Waals surface area contributed by atoms with Crippen molar-refractivity contribution in [2.45, 2.75) is 32.6 Å². The number of hydrogen-bond acceptors (Lipinski definition) is 1. The fourth-order valence-electron chi connectivity index (χ4n) is 1.71. The second-order valence-electron chi connectivity index (χ2n) is 3.56. The third kappa shape index (κ3) is 2.18. The maximum absolute atomic E-state index is 11.2. The second-order valence-corrected chi connectivity index (χ2v) is 3.56. The van der Waals surface area contributed by atoms with Gasteiger partial charge in [0.2, 0.25) is 0 Å². The van der Waals surface area contributed by atoms with Crippen molar-refractivity contribution in [1.29, 1.82) is 0 Å². The molecule has 0 aliphatic heterocycles. The molecule has 62 valence electrons. The van der Waals surface area contributed by atoms with Crippen LogP contribution in [-0.2, 0) is 4.79 Å². The minimum atomic E-state index is 0.247. The summed E-state index contributed by atoms with van der Waals surface area (Å²) in [4.78, 5) is 11.2. The lowest BCUT2D eigenvalue weighted by Crippen LogP contribution is -2.18. The van der Waals surface area contributed by atoms with Crippen LogP contribution in [0.1, 0.15) is 32.6 Å². The molecule has 1 fully saturated rings. The van der Waals surface area contributed by atoms with E-state index in [-0.39, 0.29) is 5.78 Å². The Morgan fingerprint density at radius 2 is 1.91 bits per heavy atom. The number of ketones is 1. The molecule has 0 spiro atoms. The van der Waals surface area contributed by atoms with Gasteiger partial charge in [-0.15, -0.1) is 0 Å². The molecule has 0 atom stereocenters. The third-order valence-corrected chi connectivity index (χ3v) is 2.62. The Hall–Kier alpha value is -0.590. The van der Waals surface area contributed by atoms with E-state index in [0.717, 1.165) is 18.8 Å². The van der Waals surface area contributed by atoms with E-state index in [1.807, 2.05) is 0 Å². The van der Waals surface area contributed by atoms with Crippen LogP contribution in [0.4, 0.5) is 0 Å². The van der Waals surface area contributed by atoms with Crippen molar-refractivity contribution < 1.29 is 4.79 Å². The molecule has 1 saturated carbocycles. The first-order chi connectivity index (χ1) is 5.24. The SMILES string of the molecule is C=CC(=O)C1CCC(C)CC1. The van der Waals surface area contributed by atoms with Gasteiger partial charge in [0.15, 0.2) is 5.78 Å². The number of hydrogen-bond donors (Lipinski definition) is 0. The van der Waals surface area contributed by atoms with Crippen molar-refractivity contribution in [2.75, 3.05) is 0 Å². The molecule has 0 aromatic heterocycles. The molecule has 0 amide bonds. The largest absolute Gasteiger partial charge is 0.295 e. The van der Waals surface area contributed by atoms with Gasteiger partial charge in [-0.2, -0.15) is 0 Å². The number of carbonyl (C=O) groups is 1. The molecule has 0 radical (unpaired) electrons. The van der Waals surface area contributed by atoms with Gasteiger partial charge in [0, 0.05) is 5.92 Å². The zero-order chi connectivity index (χ0) is 8.27. The Bertz CT molecular complexity index is 152. The molecule has 0 unspecified atom stereocenters. The van der Waals surface area contributed by atoms with Gasteiger partial charge in [0.25, 0.3) is 0 Å². The van der Waals surface area contributed by atoms with E-state index < -0.39 is 0 Å². The summed E-state index contributed by atoms with van der Waals surface area (Å²) >= 11 is 0. The molecule has 1 aliphatic rings. The summed E-state index contributed by atoms with van der Waals surface area (Å²) < 4.78 is 0. The molecule has 0 bridgehead atoms. The molecule has 1 heteroatoms. The molecule has 0 aromatic carbocycles. The highest BCUT2D eigenvalue weighted by atomic mass is 16.1. The summed E-state index contributed by atoms with van der Waals surface area (Å²) in [7, 11) is 0. The second kappa shape index (κ2) is 3.70. The smallest absolute Gasteiger partial charge is 0.158 e. The van der Waals surface area contributed by atoms with Gasteiger partial charge in [-0.25, -0.2) is 0 Å². The zero-order valence-corrected chi connectivity index (χ0v) is 7.18. The average Bonchev–Trinajstić information content (AvgIpc) is 2.05. The van der Waals surface area contributed by atoms with Crippen molar-refractivity contribution in [3.05, 3.63) is 12.7 Å². The van der Waals surface area contributed by atoms with Gasteiger partial charge in [-0.3, -0.25) is 4.79 Å². The van der Waals surface area contributed by atoms with Crippen molar-refractivity contribution >= 4 is 5.78 Å². The first kappa shape index (κ1) is 8.51. The van der Waals surface area contributed by atoms with E-state index in [1.54, 1.807) is 0 Å². The van der Waals surface area contributed by atoms with E-state index >= 15 is 0 Å². The first-order valence-corrected chi connectivity index (χ1v) is 4.40. The summed E-state index contributed by atoms with van der Waals surface area (Å²) in [5, 5.41) is 0. The molecule has 1 rings (SSSR count). The van der Waals surface area contributed by atoms with Crippen LogP contribution in [0.25, 0.3) is 0 Å². The predicted molar refractivity (Wildman–Crippen MR) is 46.3 cm³/mol. The van der Waals surface area contributed by atoms with Gasteiger partial charge in [-0.05, 0) is 24.8 Å². The van der Waals surface area contributed by atoms with Crippen LogP contribution in [0.2, 0.25) is 0 Å². The van der Waals surface area contributed by atoms with E-state index in [4.69, 9.17) is 0 Å². The summed E-state index contributed by atoms with van der Waals surface area (Å²) in [6.45, 7) is 5.76. The lowest BCUT2D eigenvalue weighted by molar-refractivity contribution is -0.119. The molecule has 11 heavy (non-hydrogen) atoms. The number of allylic oxidation sites excluding steroid dienone is 1. The lowest BCUT2D eigenvalue weighted by Gasteiger charge is -2.23. The number of rotatable bonds is 2. The van der Waals surface area contributed by atoms with Crippen molar-refractivity contribution in [3.8, 4) is 0 Å². The number of carbonyl (C=O) groups excluding carboxylic acids is 1. The van der Waals surface area contributed by atoms with E-state index in [1.165, 1.54) is 18.9 Å². The maximum atomic E-state index is 11.2. The van der Waals surface area contributed by atoms with Crippen molar-refractivity contribution in [2.24, 2.45) is 11.8 Å². The van der Waals surface area contributed by atoms with Gasteiger partial charge >= 0.3 is 0 Å². The van der Waals surface area contributed by atoms with Crippen LogP contribution < -0.4 is 0 Å².